The fourth-order valence-corrected chi connectivity index (χ4v) is 9.38. The van der Waals surface area contributed by atoms with Crippen LogP contribution in [0.4, 0.5) is 4.79 Å². The first kappa shape index (κ1) is 61.0. The lowest BCUT2D eigenvalue weighted by atomic mass is 9.96. The van der Waals surface area contributed by atoms with Crippen LogP contribution < -0.4 is 26.6 Å². The van der Waals surface area contributed by atoms with Crippen molar-refractivity contribution in [2.24, 2.45) is 17.8 Å². The molecule has 5 rings (SSSR count). The van der Waals surface area contributed by atoms with Crippen molar-refractivity contribution in [1.29, 1.82) is 0 Å². The largest absolute Gasteiger partial charge is 0.459 e. The summed E-state index contributed by atoms with van der Waals surface area (Å²) in [5.41, 5.74) is 1.63. The van der Waals surface area contributed by atoms with Gasteiger partial charge in [0.15, 0.2) is 0 Å². The van der Waals surface area contributed by atoms with Gasteiger partial charge in [0, 0.05) is 19.5 Å². The third kappa shape index (κ3) is 18.7. The number of hydrogen-bond donors (Lipinski definition) is 5. The van der Waals surface area contributed by atoms with Crippen molar-refractivity contribution in [3.63, 3.8) is 0 Å². The second kappa shape index (κ2) is 29.6. The fourth-order valence-electron chi connectivity index (χ4n) is 9.38. The van der Waals surface area contributed by atoms with E-state index in [4.69, 9.17) is 14.2 Å². The van der Waals surface area contributed by atoms with E-state index in [1.807, 2.05) is 126 Å². The van der Waals surface area contributed by atoms with Gasteiger partial charge in [0.1, 0.15) is 55.5 Å². The maximum Gasteiger partial charge on any atom is 0.408 e. The minimum absolute atomic E-state index is 0.0141. The summed E-state index contributed by atoms with van der Waals surface area (Å²) in [4.78, 5) is 116. The number of nitrogens with one attached hydrogen (secondary N) is 5. The molecule has 9 atom stereocenters. The number of ether oxygens (including phenoxy) is 3. The fraction of sp³-hybridized carbons (Fsp3) is 0.559. The molecule has 2 aliphatic heterocycles. The molecular formula is C59H83N7O11. The molecule has 3 aromatic rings. The van der Waals surface area contributed by atoms with Gasteiger partial charge in [-0.15, -0.1) is 0 Å². The minimum Gasteiger partial charge on any atom is -0.459 e. The predicted molar refractivity (Wildman–Crippen MR) is 291 cm³/mol. The summed E-state index contributed by atoms with van der Waals surface area (Å²) in [6.07, 6.45) is 2.24. The first-order valence-corrected chi connectivity index (χ1v) is 27.4. The zero-order valence-corrected chi connectivity index (χ0v) is 46.5. The van der Waals surface area contributed by atoms with Crippen molar-refractivity contribution in [3.05, 3.63) is 108 Å². The highest BCUT2D eigenvalue weighted by Crippen LogP contribution is 2.25. The van der Waals surface area contributed by atoms with Gasteiger partial charge < -0.3 is 50.6 Å². The highest BCUT2D eigenvalue weighted by atomic mass is 16.5. The van der Waals surface area contributed by atoms with Crippen LogP contribution >= 0.6 is 0 Å². The first-order valence-electron chi connectivity index (χ1n) is 27.4. The summed E-state index contributed by atoms with van der Waals surface area (Å²) in [5, 5.41) is 14.2. The van der Waals surface area contributed by atoms with Crippen LogP contribution in [0, 0.1) is 17.8 Å². The normalized spacial score (nSPS) is 18.2. The number of esters is 1. The molecule has 18 heteroatoms. The summed E-state index contributed by atoms with van der Waals surface area (Å²) in [6, 6.07) is 20.0. The number of carbonyl (C=O) groups excluding carboxylic acids is 8. The smallest absolute Gasteiger partial charge is 0.408 e. The summed E-state index contributed by atoms with van der Waals surface area (Å²) in [7, 11) is 0. The van der Waals surface area contributed by atoms with Gasteiger partial charge in [-0.2, -0.15) is 0 Å². The lowest BCUT2D eigenvalue weighted by Crippen LogP contribution is -2.62. The molecule has 0 spiro atoms. The Morgan fingerprint density at radius 2 is 1.05 bits per heavy atom. The predicted octanol–water partition coefficient (Wildman–Crippen LogP) is 6.14. The molecule has 0 radical (unpaired) electrons. The van der Waals surface area contributed by atoms with Crippen LogP contribution in [0.2, 0.25) is 0 Å². The van der Waals surface area contributed by atoms with Gasteiger partial charge in [-0.3, -0.25) is 28.8 Å². The number of carbonyl (C=O) groups is 8. The molecule has 77 heavy (non-hydrogen) atoms. The third-order valence-electron chi connectivity index (χ3n) is 14.2. The Morgan fingerprint density at radius 3 is 1.60 bits per heavy atom. The Labute approximate surface area is 454 Å². The Hall–Kier alpha value is -6.82. The van der Waals surface area contributed by atoms with Crippen molar-refractivity contribution in [3.8, 4) is 0 Å². The van der Waals surface area contributed by atoms with E-state index in [0.717, 1.165) is 16.7 Å². The second-order valence-corrected chi connectivity index (χ2v) is 21.8. The highest BCUT2D eigenvalue weighted by Gasteiger charge is 2.43. The molecule has 0 aromatic heterocycles. The maximum atomic E-state index is 14.8. The van der Waals surface area contributed by atoms with Crippen LogP contribution in [0.15, 0.2) is 91.0 Å². The number of amides is 7. The maximum absolute atomic E-state index is 14.8. The number of hydrogen-bond acceptors (Lipinski definition) is 11. The van der Waals surface area contributed by atoms with Gasteiger partial charge in [0.2, 0.25) is 35.4 Å². The Balaban J connectivity index is 1.31. The summed E-state index contributed by atoms with van der Waals surface area (Å²) in [6.45, 7) is 16.8. The van der Waals surface area contributed by atoms with Gasteiger partial charge in [-0.05, 0) is 87.3 Å². The third-order valence-corrected chi connectivity index (χ3v) is 14.2. The van der Waals surface area contributed by atoms with Crippen LogP contribution in [-0.4, -0.2) is 125 Å². The van der Waals surface area contributed by atoms with Gasteiger partial charge in [0.25, 0.3) is 0 Å². The molecule has 2 aliphatic rings. The quantitative estimate of drug-likeness (QED) is 0.0574. The summed E-state index contributed by atoms with van der Waals surface area (Å²) >= 11 is 0. The number of nitrogens with zero attached hydrogens (tertiary/aromatic N) is 2. The first-order chi connectivity index (χ1) is 36.7. The minimum atomic E-state index is -1.30. The van der Waals surface area contributed by atoms with Crippen LogP contribution in [0.25, 0.3) is 0 Å². The lowest BCUT2D eigenvalue weighted by Gasteiger charge is -2.34. The molecule has 3 aromatic carbocycles. The number of rotatable bonds is 26. The van der Waals surface area contributed by atoms with Gasteiger partial charge in [0.05, 0.1) is 12.2 Å². The Morgan fingerprint density at radius 1 is 0.558 bits per heavy atom. The van der Waals surface area contributed by atoms with Crippen molar-refractivity contribution < 1.29 is 52.6 Å². The van der Waals surface area contributed by atoms with Crippen LogP contribution in [0.5, 0.6) is 0 Å². The molecule has 2 saturated heterocycles. The Kier molecular flexibility index (Phi) is 23.5. The van der Waals surface area contributed by atoms with Crippen LogP contribution in [-0.2, 0) is 67.4 Å². The van der Waals surface area contributed by atoms with E-state index in [2.05, 4.69) is 26.6 Å². The monoisotopic (exact) mass is 1070 g/mol. The van der Waals surface area contributed by atoms with Crippen molar-refractivity contribution >= 4 is 47.5 Å². The zero-order valence-electron chi connectivity index (χ0n) is 46.5. The SMILES string of the molecule is CC[C@H](C)[C@H](NC(=O)OCc1ccccc1)C(=O)N[C@@H](COC(C)(C)C)C(=O)N[C@H](C(=O)N1CCC[C@H]1C(=O)N[C@@H](CC(C)C)C(=O)N[C@@H](Cc1ccccc1)C(=O)N1CCC[C@H]1C(=O)OCc1ccccc1)[C@@H](C)CC. The topological polar surface area (TPSA) is 231 Å². The molecule has 0 aliphatic carbocycles. The van der Waals surface area contributed by atoms with Crippen molar-refractivity contribution in [2.75, 3.05) is 19.7 Å². The zero-order chi connectivity index (χ0) is 56.2. The van der Waals surface area contributed by atoms with Crippen LogP contribution in [0.3, 0.4) is 0 Å². The lowest BCUT2D eigenvalue weighted by molar-refractivity contribution is -0.155. The highest BCUT2D eigenvalue weighted by molar-refractivity contribution is 5.98. The van der Waals surface area contributed by atoms with E-state index in [9.17, 15) is 38.4 Å². The van der Waals surface area contributed by atoms with Gasteiger partial charge in [-0.25, -0.2) is 9.59 Å². The standard InChI is InChI=1S/C59H83N7O11/c1-10-39(5)49(64-58(74)76-36-43-27-19-14-20-28-43)54(70)62-46(37-77-59(7,8)9)52(68)63-50(40(6)11-2)56(72)65-31-21-29-47(65)53(69)60-44(33-38(3)4)51(67)61-45(34-41-23-15-12-16-24-41)55(71)66-32-22-30-48(66)57(73)75-35-42-25-17-13-18-26-42/h12-20,23-28,38-40,44-50H,10-11,21-22,29-37H2,1-9H3,(H,60,69)(H,61,67)(H,62,70)(H,63,68)(H,64,74)/t39-,40-,44-,45-,46-,47-,48-,49-,50-/m0/s1. The van der Waals surface area contributed by atoms with E-state index < -0.39 is 101 Å². The van der Waals surface area contributed by atoms with Crippen molar-refractivity contribution in [2.45, 2.75) is 175 Å². The van der Waals surface area contributed by atoms with E-state index in [1.165, 1.54) is 9.80 Å². The van der Waals surface area contributed by atoms with E-state index in [1.54, 1.807) is 27.7 Å². The Bertz CT molecular complexity index is 2420. The molecular weight excluding hydrogens is 983 g/mol. The molecule has 420 valence electrons. The second-order valence-electron chi connectivity index (χ2n) is 21.8. The molecule has 0 bridgehead atoms. The average molecular weight is 1070 g/mol. The van der Waals surface area contributed by atoms with E-state index >= 15 is 0 Å². The number of likely N-dealkylation sites (tertiary alicyclic amines) is 2. The molecule has 18 nitrogen and oxygen atoms in total. The summed E-state index contributed by atoms with van der Waals surface area (Å²) in [5.74, 6) is -4.85. The number of benzene rings is 3. The molecule has 7 amide bonds. The molecule has 0 unspecified atom stereocenters. The molecule has 2 heterocycles. The molecule has 2 fully saturated rings. The van der Waals surface area contributed by atoms with E-state index in [-0.39, 0.29) is 57.5 Å². The van der Waals surface area contributed by atoms with Gasteiger partial charge in [-0.1, -0.05) is 145 Å². The van der Waals surface area contributed by atoms with Gasteiger partial charge >= 0.3 is 12.1 Å². The summed E-state index contributed by atoms with van der Waals surface area (Å²) < 4.78 is 17.1. The number of alkyl carbamates (subject to hydrolysis) is 1. The molecule has 5 N–H and O–H groups in total. The molecule has 0 saturated carbocycles. The van der Waals surface area contributed by atoms with E-state index in [0.29, 0.717) is 38.6 Å². The average Bonchev–Trinajstić information content (AvgIpc) is 4.14. The van der Waals surface area contributed by atoms with Crippen molar-refractivity contribution in [1.82, 2.24) is 36.4 Å². The van der Waals surface area contributed by atoms with Crippen LogP contribution in [0.1, 0.15) is 124 Å².